The third-order valence-electron chi connectivity index (χ3n) is 2.68. The second kappa shape index (κ2) is 5.40. The number of hydrogen-bond acceptors (Lipinski definition) is 3. The van der Waals surface area contributed by atoms with Gasteiger partial charge in [-0.15, -0.1) is 0 Å². The summed E-state index contributed by atoms with van der Waals surface area (Å²) in [6.45, 7) is 0. The first kappa shape index (κ1) is 14.2. The van der Waals surface area contributed by atoms with Crippen molar-refractivity contribution in [1.29, 1.82) is 0 Å². The highest BCUT2D eigenvalue weighted by molar-refractivity contribution is 5.86. The molecule has 20 heavy (non-hydrogen) atoms. The molecule has 0 bridgehead atoms. The summed E-state index contributed by atoms with van der Waals surface area (Å²) in [4.78, 5) is 11.2. The van der Waals surface area contributed by atoms with Crippen LogP contribution in [0.3, 0.4) is 0 Å². The van der Waals surface area contributed by atoms with E-state index >= 15 is 0 Å². The van der Waals surface area contributed by atoms with Crippen molar-refractivity contribution in [2.24, 2.45) is 0 Å². The summed E-state index contributed by atoms with van der Waals surface area (Å²) < 4.78 is 47.4. The number of halogens is 3. The van der Waals surface area contributed by atoms with Crippen molar-refractivity contribution in [2.75, 3.05) is 7.11 Å². The van der Waals surface area contributed by atoms with Crippen LogP contribution in [0.5, 0.6) is 0 Å². The van der Waals surface area contributed by atoms with E-state index in [-0.39, 0.29) is 12.2 Å². The normalized spacial score (nSPS) is 11.4. The molecule has 0 N–H and O–H groups in total. The van der Waals surface area contributed by atoms with Gasteiger partial charge in [0.1, 0.15) is 5.76 Å². The van der Waals surface area contributed by atoms with Gasteiger partial charge in [-0.1, -0.05) is 18.2 Å². The number of esters is 1. The third kappa shape index (κ3) is 3.20. The zero-order chi connectivity index (χ0) is 14.8. The molecule has 0 spiro atoms. The van der Waals surface area contributed by atoms with Crippen LogP contribution in [0.4, 0.5) is 13.2 Å². The molecule has 2 rings (SSSR count). The fourth-order valence-corrected chi connectivity index (χ4v) is 1.74. The summed E-state index contributed by atoms with van der Waals surface area (Å²) in [5, 5.41) is 0. The number of benzene rings is 1. The van der Waals surface area contributed by atoms with E-state index in [0.717, 1.165) is 12.1 Å². The van der Waals surface area contributed by atoms with Gasteiger partial charge in [0.15, 0.2) is 0 Å². The SMILES string of the molecule is COC(=O)c1ccc(Cc2cccc(C(F)(F)F)c2)o1. The van der Waals surface area contributed by atoms with E-state index in [1.54, 1.807) is 6.07 Å². The van der Waals surface area contributed by atoms with Gasteiger partial charge in [-0.3, -0.25) is 0 Å². The predicted molar refractivity (Wildman–Crippen MR) is 64.3 cm³/mol. The smallest absolute Gasteiger partial charge is 0.416 e. The van der Waals surface area contributed by atoms with Gasteiger partial charge >= 0.3 is 12.1 Å². The number of alkyl halides is 3. The third-order valence-corrected chi connectivity index (χ3v) is 2.68. The van der Waals surface area contributed by atoms with E-state index in [9.17, 15) is 18.0 Å². The monoisotopic (exact) mass is 284 g/mol. The summed E-state index contributed by atoms with van der Waals surface area (Å²) in [6.07, 6.45) is -4.21. The van der Waals surface area contributed by atoms with Gasteiger partial charge in [-0.25, -0.2) is 4.79 Å². The van der Waals surface area contributed by atoms with Crippen LogP contribution in [0.15, 0.2) is 40.8 Å². The fourth-order valence-electron chi connectivity index (χ4n) is 1.74. The van der Waals surface area contributed by atoms with Gasteiger partial charge in [-0.2, -0.15) is 13.2 Å². The van der Waals surface area contributed by atoms with E-state index in [0.29, 0.717) is 11.3 Å². The lowest BCUT2D eigenvalue weighted by Gasteiger charge is -2.07. The maximum absolute atomic E-state index is 12.6. The molecule has 1 heterocycles. The predicted octanol–water partition coefficient (Wildman–Crippen LogP) is 3.68. The molecule has 0 aliphatic heterocycles. The van der Waals surface area contributed by atoms with Crippen molar-refractivity contribution in [1.82, 2.24) is 0 Å². The minimum Gasteiger partial charge on any atom is -0.463 e. The summed E-state index contributed by atoms with van der Waals surface area (Å²) in [7, 11) is 1.22. The van der Waals surface area contributed by atoms with Gasteiger partial charge in [0.2, 0.25) is 5.76 Å². The Hall–Kier alpha value is -2.24. The molecule has 1 aromatic carbocycles. The average Bonchev–Trinajstić information content (AvgIpc) is 2.85. The molecule has 3 nitrogen and oxygen atoms in total. The van der Waals surface area contributed by atoms with Crippen LogP contribution in [0.2, 0.25) is 0 Å². The number of rotatable bonds is 3. The first-order valence-corrected chi connectivity index (χ1v) is 5.73. The lowest BCUT2D eigenvalue weighted by atomic mass is 10.1. The Labute approximate surface area is 113 Å². The molecule has 0 unspecified atom stereocenters. The Balaban J connectivity index is 2.18. The molecule has 1 aromatic heterocycles. The zero-order valence-corrected chi connectivity index (χ0v) is 10.5. The Bertz CT molecular complexity index is 614. The maximum atomic E-state index is 12.6. The lowest BCUT2D eigenvalue weighted by molar-refractivity contribution is -0.137. The Kier molecular flexibility index (Phi) is 3.83. The van der Waals surface area contributed by atoms with Crippen molar-refractivity contribution in [3.8, 4) is 0 Å². The summed E-state index contributed by atoms with van der Waals surface area (Å²) >= 11 is 0. The molecule has 0 amide bonds. The number of hydrogen-bond donors (Lipinski definition) is 0. The Morgan fingerprint density at radius 3 is 2.65 bits per heavy atom. The molecule has 0 fully saturated rings. The van der Waals surface area contributed by atoms with Gasteiger partial charge in [0.25, 0.3) is 0 Å². The first-order chi connectivity index (χ1) is 9.40. The van der Waals surface area contributed by atoms with Gasteiger partial charge < -0.3 is 9.15 Å². The summed E-state index contributed by atoms with van der Waals surface area (Å²) in [5.41, 5.74) is -0.264. The van der Waals surface area contributed by atoms with E-state index in [1.165, 1.54) is 25.3 Å². The molecule has 6 heteroatoms. The average molecular weight is 284 g/mol. The van der Waals surface area contributed by atoms with Gasteiger partial charge in [0, 0.05) is 6.42 Å². The highest BCUT2D eigenvalue weighted by atomic mass is 19.4. The zero-order valence-electron chi connectivity index (χ0n) is 10.5. The van der Waals surface area contributed by atoms with E-state index < -0.39 is 17.7 Å². The van der Waals surface area contributed by atoms with Crippen molar-refractivity contribution in [3.63, 3.8) is 0 Å². The molecule has 0 saturated carbocycles. The van der Waals surface area contributed by atoms with Crippen molar-refractivity contribution in [3.05, 3.63) is 59.0 Å². The lowest BCUT2D eigenvalue weighted by Crippen LogP contribution is -2.05. The number of ether oxygens (including phenoxy) is 1. The number of furan rings is 1. The van der Waals surface area contributed by atoms with Crippen LogP contribution in [0.25, 0.3) is 0 Å². The van der Waals surface area contributed by atoms with Crippen LogP contribution in [0.1, 0.15) is 27.4 Å². The van der Waals surface area contributed by atoms with Crippen LogP contribution in [-0.2, 0) is 17.3 Å². The number of carbonyl (C=O) groups is 1. The molecule has 0 saturated heterocycles. The molecule has 106 valence electrons. The minimum atomic E-state index is -4.38. The quantitative estimate of drug-likeness (QED) is 0.807. The van der Waals surface area contributed by atoms with Crippen LogP contribution in [-0.4, -0.2) is 13.1 Å². The van der Waals surface area contributed by atoms with Crippen LogP contribution in [0, 0.1) is 0 Å². The molecule has 0 radical (unpaired) electrons. The molecule has 0 aliphatic carbocycles. The van der Waals surface area contributed by atoms with Gasteiger partial charge in [0.05, 0.1) is 12.7 Å². The molecule has 2 aromatic rings. The molecule has 0 atom stereocenters. The van der Waals surface area contributed by atoms with Crippen molar-refractivity contribution in [2.45, 2.75) is 12.6 Å². The largest absolute Gasteiger partial charge is 0.463 e. The second-order valence-electron chi connectivity index (χ2n) is 4.13. The highest BCUT2D eigenvalue weighted by Crippen LogP contribution is 2.30. The van der Waals surface area contributed by atoms with Crippen molar-refractivity contribution < 1.29 is 27.1 Å². The standard InChI is InChI=1S/C14H11F3O3/c1-19-13(18)12-6-5-11(20-12)8-9-3-2-4-10(7-9)14(15,16)17/h2-7H,8H2,1H3. The van der Waals surface area contributed by atoms with Crippen molar-refractivity contribution >= 4 is 5.97 Å². The first-order valence-electron chi connectivity index (χ1n) is 5.73. The topological polar surface area (TPSA) is 39.4 Å². The number of carbonyl (C=O) groups excluding carboxylic acids is 1. The fraction of sp³-hybridized carbons (Fsp3) is 0.214. The summed E-state index contributed by atoms with van der Waals surface area (Å²) in [5.74, 6) is -0.209. The van der Waals surface area contributed by atoms with Gasteiger partial charge in [-0.05, 0) is 23.8 Å². The maximum Gasteiger partial charge on any atom is 0.416 e. The Morgan fingerprint density at radius 1 is 1.25 bits per heavy atom. The Morgan fingerprint density at radius 2 is 2.00 bits per heavy atom. The number of methoxy groups -OCH3 is 1. The molecular formula is C14H11F3O3. The van der Waals surface area contributed by atoms with Crippen LogP contribution < -0.4 is 0 Å². The van der Waals surface area contributed by atoms with E-state index in [4.69, 9.17) is 4.42 Å². The second-order valence-corrected chi connectivity index (χ2v) is 4.13. The summed E-state index contributed by atoms with van der Waals surface area (Å²) in [6, 6.07) is 7.92. The highest BCUT2D eigenvalue weighted by Gasteiger charge is 2.30. The minimum absolute atomic E-state index is 0.0227. The van der Waals surface area contributed by atoms with E-state index in [1.807, 2.05) is 0 Å². The van der Waals surface area contributed by atoms with E-state index in [2.05, 4.69) is 4.74 Å². The molecular weight excluding hydrogens is 273 g/mol. The van der Waals surface area contributed by atoms with Crippen LogP contribution >= 0.6 is 0 Å². The molecule has 0 aliphatic rings.